The molecule has 4 aromatic rings. The van der Waals surface area contributed by atoms with Crippen molar-refractivity contribution in [2.24, 2.45) is 0 Å². The standard InChI is InChI=1S/C39H44N2O3Si/c1-38(2,3)45(35-15-9-5-10-16-35,36-17-11-6-12-18-36)44-37-28-42-30-39(37,29-40)41-25-23-33(24-26-41)32-19-21-34(22-20-32)43-27-31-13-7-4-8-14-31/h4-22,33,37H,23-28,30H2,1-3H3. The second kappa shape index (κ2) is 13.3. The molecule has 45 heavy (non-hydrogen) atoms. The third-order valence-electron chi connectivity index (χ3n) is 9.71. The maximum absolute atomic E-state index is 10.9. The highest BCUT2D eigenvalue weighted by Gasteiger charge is 2.58. The van der Waals surface area contributed by atoms with E-state index in [1.54, 1.807) is 0 Å². The Morgan fingerprint density at radius 2 is 1.38 bits per heavy atom. The average Bonchev–Trinajstić information content (AvgIpc) is 3.50. The summed E-state index contributed by atoms with van der Waals surface area (Å²) in [6, 6.07) is 42.9. The summed E-state index contributed by atoms with van der Waals surface area (Å²) in [5.74, 6) is 1.33. The van der Waals surface area contributed by atoms with E-state index in [1.165, 1.54) is 15.9 Å². The second-order valence-corrected chi connectivity index (χ2v) is 17.7. The highest BCUT2D eigenvalue weighted by Crippen LogP contribution is 2.42. The fourth-order valence-electron chi connectivity index (χ4n) is 7.25. The highest BCUT2D eigenvalue weighted by atomic mass is 28.4. The van der Waals surface area contributed by atoms with Gasteiger partial charge in [0.1, 0.15) is 18.5 Å². The van der Waals surface area contributed by atoms with Gasteiger partial charge in [-0.05, 0) is 57.4 Å². The van der Waals surface area contributed by atoms with Gasteiger partial charge in [0.25, 0.3) is 8.32 Å². The van der Waals surface area contributed by atoms with Gasteiger partial charge in [-0.25, -0.2) is 0 Å². The van der Waals surface area contributed by atoms with Crippen molar-refractivity contribution in [3.63, 3.8) is 0 Å². The van der Waals surface area contributed by atoms with Crippen LogP contribution in [0.1, 0.15) is 50.7 Å². The maximum Gasteiger partial charge on any atom is 0.261 e. The lowest BCUT2D eigenvalue weighted by Gasteiger charge is -2.49. The molecule has 0 radical (unpaired) electrons. The Balaban J connectivity index is 1.20. The van der Waals surface area contributed by atoms with Crippen LogP contribution in [0.4, 0.5) is 0 Å². The van der Waals surface area contributed by atoms with Gasteiger partial charge in [-0.2, -0.15) is 5.26 Å². The molecular weight excluding hydrogens is 573 g/mol. The summed E-state index contributed by atoms with van der Waals surface area (Å²) in [5, 5.41) is 13.1. The number of likely N-dealkylation sites (tertiary alicyclic amines) is 1. The van der Waals surface area contributed by atoms with Gasteiger partial charge < -0.3 is 13.9 Å². The van der Waals surface area contributed by atoms with Crippen molar-refractivity contribution in [3.8, 4) is 11.8 Å². The van der Waals surface area contributed by atoms with Crippen LogP contribution < -0.4 is 15.1 Å². The molecule has 0 spiro atoms. The predicted molar refractivity (Wildman–Crippen MR) is 182 cm³/mol. The Morgan fingerprint density at radius 1 is 0.822 bits per heavy atom. The minimum absolute atomic E-state index is 0.177. The van der Waals surface area contributed by atoms with Crippen LogP contribution in [0.15, 0.2) is 115 Å². The molecule has 2 aliphatic rings. The Hall–Kier alpha value is -3.73. The van der Waals surface area contributed by atoms with Gasteiger partial charge in [0.05, 0.1) is 19.3 Å². The zero-order valence-electron chi connectivity index (χ0n) is 26.7. The third-order valence-corrected chi connectivity index (χ3v) is 14.8. The number of nitriles is 1. The number of nitrogens with zero attached hydrogens (tertiary/aromatic N) is 2. The first-order valence-corrected chi connectivity index (χ1v) is 18.1. The van der Waals surface area contributed by atoms with E-state index in [1.807, 2.05) is 18.2 Å². The van der Waals surface area contributed by atoms with Crippen LogP contribution in [-0.4, -0.2) is 51.2 Å². The summed E-state index contributed by atoms with van der Waals surface area (Å²) < 4.78 is 19.7. The van der Waals surface area contributed by atoms with Crippen LogP contribution in [0.25, 0.3) is 0 Å². The number of piperidine rings is 1. The lowest BCUT2D eigenvalue weighted by molar-refractivity contribution is 0.0298. The van der Waals surface area contributed by atoms with E-state index in [-0.39, 0.29) is 11.1 Å². The summed E-state index contributed by atoms with van der Waals surface area (Å²) in [6.07, 6.45) is 1.62. The number of benzene rings is 4. The number of hydrogen-bond acceptors (Lipinski definition) is 5. The van der Waals surface area contributed by atoms with Crippen molar-refractivity contribution in [3.05, 3.63) is 126 Å². The SMILES string of the molecule is CC(C)(C)[Si](OC1COCC1(C#N)N1CCC(c2ccc(OCc3ccccc3)cc2)CC1)(c1ccccc1)c1ccccc1. The molecule has 4 aromatic carbocycles. The smallest absolute Gasteiger partial charge is 0.261 e. The Morgan fingerprint density at radius 3 is 1.91 bits per heavy atom. The first-order chi connectivity index (χ1) is 21.9. The molecule has 0 saturated carbocycles. The van der Waals surface area contributed by atoms with Crippen LogP contribution in [0, 0.1) is 11.3 Å². The Bertz CT molecular complexity index is 1520. The second-order valence-electron chi connectivity index (χ2n) is 13.4. The number of hydrogen-bond donors (Lipinski definition) is 0. The quantitative estimate of drug-likeness (QED) is 0.196. The summed E-state index contributed by atoms with van der Waals surface area (Å²) in [5.41, 5.74) is 1.66. The van der Waals surface area contributed by atoms with Gasteiger partial charge in [0.15, 0.2) is 5.54 Å². The Labute approximate surface area is 269 Å². The summed E-state index contributed by atoms with van der Waals surface area (Å²) in [7, 11) is -2.85. The molecular formula is C39H44N2O3Si. The fraction of sp³-hybridized carbons (Fsp3) is 0.359. The normalized spacial score (nSPS) is 21.3. The molecule has 232 valence electrons. The van der Waals surface area contributed by atoms with Crippen LogP contribution in [0.5, 0.6) is 5.75 Å². The molecule has 0 amide bonds. The Kier molecular flexibility index (Phi) is 9.25. The zero-order valence-corrected chi connectivity index (χ0v) is 27.7. The van der Waals surface area contributed by atoms with Crippen LogP contribution in [0.3, 0.4) is 0 Å². The first-order valence-electron chi connectivity index (χ1n) is 16.2. The molecule has 0 aromatic heterocycles. The summed E-state index contributed by atoms with van der Waals surface area (Å²) >= 11 is 0. The lowest BCUT2D eigenvalue weighted by atomic mass is 9.85. The van der Waals surface area contributed by atoms with Crippen molar-refractivity contribution in [2.75, 3.05) is 26.3 Å². The maximum atomic E-state index is 10.9. The van der Waals surface area contributed by atoms with Crippen LogP contribution in [0.2, 0.25) is 5.04 Å². The monoisotopic (exact) mass is 616 g/mol. The van der Waals surface area contributed by atoms with Crippen LogP contribution in [-0.2, 0) is 15.8 Å². The molecule has 0 aliphatic carbocycles. The van der Waals surface area contributed by atoms with E-state index in [0.717, 1.165) is 37.2 Å². The first kappa shape index (κ1) is 31.3. The van der Waals surface area contributed by atoms with E-state index in [0.29, 0.717) is 25.7 Å². The molecule has 6 rings (SSSR count). The van der Waals surface area contributed by atoms with Crippen molar-refractivity contribution in [1.82, 2.24) is 4.90 Å². The molecule has 6 heteroatoms. The topological polar surface area (TPSA) is 54.7 Å². The highest BCUT2D eigenvalue weighted by molar-refractivity contribution is 6.99. The van der Waals surface area contributed by atoms with Crippen molar-refractivity contribution in [2.45, 2.75) is 62.8 Å². The molecule has 0 N–H and O–H groups in total. The van der Waals surface area contributed by atoms with Crippen molar-refractivity contribution >= 4 is 18.7 Å². The fourth-order valence-corrected chi connectivity index (χ4v) is 12.0. The minimum Gasteiger partial charge on any atom is -0.489 e. The molecule has 2 fully saturated rings. The number of rotatable bonds is 9. The van der Waals surface area contributed by atoms with Gasteiger partial charge >= 0.3 is 0 Å². The van der Waals surface area contributed by atoms with Crippen LogP contribution >= 0.6 is 0 Å². The molecule has 2 saturated heterocycles. The summed E-state index contributed by atoms with van der Waals surface area (Å²) in [6.45, 7) is 9.86. The van der Waals surface area contributed by atoms with E-state index < -0.39 is 13.9 Å². The lowest BCUT2D eigenvalue weighted by Crippen LogP contribution is -2.71. The molecule has 2 aliphatic heterocycles. The molecule has 2 atom stereocenters. The van der Waals surface area contributed by atoms with Gasteiger partial charge in [-0.15, -0.1) is 0 Å². The third kappa shape index (κ3) is 6.23. The minimum atomic E-state index is -2.85. The van der Waals surface area contributed by atoms with Gasteiger partial charge in [0, 0.05) is 13.1 Å². The van der Waals surface area contributed by atoms with E-state index in [2.05, 4.69) is 129 Å². The van der Waals surface area contributed by atoms with Gasteiger partial charge in [-0.1, -0.05) is 124 Å². The molecule has 0 bridgehead atoms. The number of ether oxygens (including phenoxy) is 2. The van der Waals surface area contributed by atoms with E-state index in [4.69, 9.17) is 13.9 Å². The summed E-state index contributed by atoms with van der Waals surface area (Å²) in [4.78, 5) is 2.36. The zero-order chi connectivity index (χ0) is 31.3. The molecule has 2 heterocycles. The average molecular weight is 617 g/mol. The largest absolute Gasteiger partial charge is 0.489 e. The molecule has 2 unspecified atom stereocenters. The predicted octanol–water partition coefficient (Wildman–Crippen LogP) is 6.68. The molecule has 5 nitrogen and oxygen atoms in total. The van der Waals surface area contributed by atoms with E-state index in [9.17, 15) is 5.26 Å². The van der Waals surface area contributed by atoms with Gasteiger partial charge in [-0.3, -0.25) is 4.90 Å². The van der Waals surface area contributed by atoms with Crippen molar-refractivity contribution in [1.29, 1.82) is 5.26 Å². The van der Waals surface area contributed by atoms with Crippen molar-refractivity contribution < 1.29 is 13.9 Å². The van der Waals surface area contributed by atoms with Gasteiger partial charge in [0.2, 0.25) is 0 Å². The van der Waals surface area contributed by atoms with E-state index >= 15 is 0 Å².